The van der Waals surface area contributed by atoms with Gasteiger partial charge >= 0.3 is 0 Å². The Balaban J connectivity index is 2.07. The SMILES string of the molecule is CCCNC(Cc1cccc(Cl)c1Cl)C1CCCS1. The minimum Gasteiger partial charge on any atom is -0.313 e. The molecule has 0 aromatic heterocycles. The van der Waals surface area contributed by atoms with E-state index in [-0.39, 0.29) is 0 Å². The summed E-state index contributed by atoms with van der Waals surface area (Å²) in [5.41, 5.74) is 1.16. The number of rotatable bonds is 6. The van der Waals surface area contributed by atoms with E-state index in [4.69, 9.17) is 23.2 Å². The first kappa shape index (κ1) is 15.5. The van der Waals surface area contributed by atoms with E-state index in [0.29, 0.717) is 16.3 Å². The van der Waals surface area contributed by atoms with Crippen LogP contribution in [-0.2, 0) is 6.42 Å². The number of thioether (sulfide) groups is 1. The van der Waals surface area contributed by atoms with Gasteiger partial charge in [-0.2, -0.15) is 11.8 Å². The third kappa shape index (κ3) is 4.29. The molecule has 4 heteroatoms. The van der Waals surface area contributed by atoms with Gasteiger partial charge < -0.3 is 5.32 Å². The number of halogens is 2. The summed E-state index contributed by atoms with van der Waals surface area (Å²) < 4.78 is 0. The normalized spacial score (nSPS) is 20.7. The van der Waals surface area contributed by atoms with Gasteiger partial charge in [0.1, 0.15) is 0 Å². The van der Waals surface area contributed by atoms with Gasteiger partial charge in [0.25, 0.3) is 0 Å². The molecule has 0 radical (unpaired) electrons. The maximum atomic E-state index is 6.31. The Morgan fingerprint density at radius 3 is 2.95 bits per heavy atom. The molecule has 0 bridgehead atoms. The molecule has 0 aliphatic carbocycles. The third-order valence-corrected chi connectivity index (χ3v) is 5.92. The molecule has 1 nitrogen and oxygen atoms in total. The molecular formula is C15H21Cl2NS. The smallest absolute Gasteiger partial charge is 0.0624 e. The molecule has 2 atom stereocenters. The van der Waals surface area contributed by atoms with Gasteiger partial charge in [0.15, 0.2) is 0 Å². The predicted octanol–water partition coefficient (Wildman–Crippen LogP) is 4.80. The first-order valence-corrected chi connectivity index (χ1v) is 8.80. The van der Waals surface area contributed by atoms with Gasteiger partial charge in [-0.3, -0.25) is 0 Å². The summed E-state index contributed by atoms with van der Waals surface area (Å²) in [5, 5.41) is 5.77. The Hall–Kier alpha value is 0.110. The first-order valence-electron chi connectivity index (χ1n) is 7.00. The molecule has 2 rings (SSSR count). The van der Waals surface area contributed by atoms with Crippen molar-refractivity contribution in [3.8, 4) is 0 Å². The maximum absolute atomic E-state index is 6.31. The van der Waals surface area contributed by atoms with Crippen LogP contribution in [-0.4, -0.2) is 23.6 Å². The van der Waals surface area contributed by atoms with Crippen LogP contribution < -0.4 is 5.32 Å². The van der Waals surface area contributed by atoms with E-state index < -0.39 is 0 Å². The van der Waals surface area contributed by atoms with E-state index in [0.717, 1.165) is 30.0 Å². The highest BCUT2D eigenvalue weighted by Gasteiger charge is 2.26. The average Bonchev–Trinajstić information content (AvgIpc) is 2.93. The molecule has 0 saturated carbocycles. The van der Waals surface area contributed by atoms with E-state index in [1.165, 1.54) is 18.6 Å². The molecule has 1 saturated heterocycles. The van der Waals surface area contributed by atoms with E-state index in [1.54, 1.807) is 0 Å². The summed E-state index contributed by atoms with van der Waals surface area (Å²) >= 11 is 14.5. The fourth-order valence-corrected chi connectivity index (χ4v) is 4.32. The van der Waals surface area contributed by atoms with Gasteiger partial charge in [-0.25, -0.2) is 0 Å². The van der Waals surface area contributed by atoms with E-state index >= 15 is 0 Å². The zero-order chi connectivity index (χ0) is 13.7. The second kappa shape index (κ2) is 7.78. The van der Waals surface area contributed by atoms with Crippen LogP contribution in [0.5, 0.6) is 0 Å². The summed E-state index contributed by atoms with van der Waals surface area (Å²) in [6, 6.07) is 6.44. The van der Waals surface area contributed by atoms with Crippen molar-refractivity contribution >= 4 is 35.0 Å². The van der Waals surface area contributed by atoms with Crippen LogP contribution >= 0.6 is 35.0 Å². The summed E-state index contributed by atoms with van der Waals surface area (Å²) in [5.74, 6) is 1.29. The summed E-state index contributed by atoms with van der Waals surface area (Å²) in [6.45, 7) is 3.28. The van der Waals surface area contributed by atoms with Crippen LogP contribution in [0.3, 0.4) is 0 Å². The van der Waals surface area contributed by atoms with Crippen LogP contribution in [0.4, 0.5) is 0 Å². The molecule has 1 aromatic carbocycles. The van der Waals surface area contributed by atoms with E-state index in [9.17, 15) is 0 Å². The molecule has 2 unspecified atom stereocenters. The van der Waals surface area contributed by atoms with E-state index in [1.807, 2.05) is 12.1 Å². The van der Waals surface area contributed by atoms with Crippen molar-refractivity contribution in [2.75, 3.05) is 12.3 Å². The molecule has 1 heterocycles. The van der Waals surface area contributed by atoms with Crippen molar-refractivity contribution < 1.29 is 0 Å². The Bertz CT molecular complexity index is 405. The van der Waals surface area contributed by atoms with Gasteiger partial charge in [0.05, 0.1) is 10.0 Å². The zero-order valence-corrected chi connectivity index (χ0v) is 13.6. The molecule has 0 amide bonds. The fourth-order valence-electron chi connectivity index (χ4n) is 2.53. The second-order valence-corrected chi connectivity index (χ2v) is 7.16. The average molecular weight is 318 g/mol. The van der Waals surface area contributed by atoms with Crippen molar-refractivity contribution in [1.82, 2.24) is 5.32 Å². The molecule has 1 N–H and O–H groups in total. The van der Waals surface area contributed by atoms with Crippen molar-refractivity contribution in [2.45, 2.75) is 43.9 Å². The Kier molecular flexibility index (Phi) is 6.34. The number of benzene rings is 1. The lowest BCUT2D eigenvalue weighted by Crippen LogP contribution is -2.39. The molecule has 0 spiro atoms. The van der Waals surface area contributed by atoms with Gasteiger partial charge in [-0.05, 0) is 49.6 Å². The zero-order valence-electron chi connectivity index (χ0n) is 11.3. The van der Waals surface area contributed by atoms with Crippen molar-refractivity contribution in [1.29, 1.82) is 0 Å². The highest BCUT2D eigenvalue weighted by atomic mass is 35.5. The van der Waals surface area contributed by atoms with Gasteiger partial charge in [0.2, 0.25) is 0 Å². The van der Waals surface area contributed by atoms with Gasteiger partial charge in [-0.1, -0.05) is 42.3 Å². The molecule has 106 valence electrons. The Morgan fingerprint density at radius 1 is 1.42 bits per heavy atom. The highest BCUT2D eigenvalue weighted by Crippen LogP contribution is 2.32. The van der Waals surface area contributed by atoms with Gasteiger partial charge in [0, 0.05) is 11.3 Å². The molecule has 1 aromatic rings. The van der Waals surface area contributed by atoms with E-state index in [2.05, 4.69) is 30.1 Å². The fraction of sp³-hybridized carbons (Fsp3) is 0.600. The quantitative estimate of drug-likeness (QED) is 0.808. The summed E-state index contributed by atoms with van der Waals surface area (Å²) in [7, 11) is 0. The molecule has 1 aliphatic heterocycles. The minimum atomic E-state index is 0.503. The van der Waals surface area contributed by atoms with Crippen molar-refractivity contribution in [3.05, 3.63) is 33.8 Å². The molecule has 1 fully saturated rings. The van der Waals surface area contributed by atoms with Gasteiger partial charge in [-0.15, -0.1) is 0 Å². The Morgan fingerprint density at radius 2 is 2.26 bits per heavy atom. The lowest BCUT2D eigenvalue weighted by Gasteiger charge is -2.25. The number of nitrogens with one attached hydrogen (secondary N) is 1. The van der Waals surface area contributed by atoms with Crippen LogP contribution in [0.25, 0.3) is 0 Å². The maximum Gasteiger partial charge on any atom is 0.0624 e. The highest BCUT2D eigenvalue weighted by molar-refractivity contribution is 8.00. The second-order valence-electron chi connectivity index (χ2n) is 5.03. The standard InChI is InChI=1S/C15H21Cl2NS/c1-2-8-18-13(14-7-4-9-19-14)10-11-5-3-6-12(16)15(11)17/h3,5-6,13-14,18H,2,4,7-10H2,1H3. The van der Waals surface area contributed by atoms with Crippen molar-refractivity contribution in [3.63, 3.8) is 0 Å². The molecule has 1 aliphatic rings. The lowest BCUT2D eigenvalue weighted by molar-refractivity contribution is 0.482. The summed E-state index contributed by atoms with van der Waals surface area (Å²) in [6.07, 6.45) is 4.78. The first-order chi connectivity index (χ1) is 9.22. The minimum absolute atomic E-state index is 0.503. The third-order valence-electron chi connectivity index (χ3n) is 3.54. The number of hydrogen-bond donors (Lipinski definition) is 1. The molecule has 19 heavy (non-hydrogen) atoms. The Labute approximate surface area is 130 Å². The van der Waals surface area contributed by atoms with Crippen LogP contribution in [0.2, 0.25) is 10.0 Å². The van der Waals surface area contributed by atoms with Crippen molar-refractivity contribution in [2.24, 2.45) is 0 Å². The van der Waals surface area contributed by atoms with Crippen LogP contribution in [0.1, 0.15) is 31.7 Å². The topological polar surface area (TPSA) is 12.0 Å². The largest absolute Gasteiger partial charge is 0.313 e. The van der Waals surface area contributed by atoms with Crippen LogP contribution in [0.15, 0.2) is 18.2 Å². The summed E-state index contributed by atoms with van der Waals surface area (Å²) in [4.78, 5) is 0. The van der Waals surface area contributed by atoms with Crippen LogP contribution in [0, 0.1) is 0 Å². The lowest BCUT2D eigenvalue weighted by atomic mass is 10.0. The molecular weight excluding hydrogens is 297 g/mol. The number of hydrogen-bond acceptors (Lipinski definition) is 2. The monoisotopic (exact) mass is 317 g/mol. The predicted molar refractivity (Wildman–Crippen MR) is 87.7 cm³/mol.